The first-order valence-electron chi connectivity index (χ1n) is 12.1. The molecule has 0 amide bonds. The van der Waals surface area contributed by atoms with Crippen LogP contribution in [0.4, 0.5) is 10.1 Å². The van der Waals surface area contributed by atoms with Crippen LogP contribution in [0.1, 0.15) is 31.2 Å². The fraction of sp³-hybridized carbons (Fsp3) is 0.538. The molecule has 1 atom stereocenters. The minimum absolute atomic E-state index is 0.0228. The standard InChI is InChI=1S/C26H33FN4O2/c27-22-3-5-23(6-4-22)31-16-14-29(15-17-31)11-7-24-18-26(25(32)33-24)8-12-30(13-9-26)20-21-2-1-10-28-19-21/h1-6,10,19,24H,7-9,11-18,20H2/t24-/m0/s1. The van der Waals surface area contributed by atoms with Crippen LogP contribution in [0.5, 0.6) is 0 Å². The third kappa shape index (κ3) is 5.20. The maximum atomic E-state index is 13.2. The topological polar surface area (TPSA) is 48.9 Å². The summed E-state index contributed by atoms with van der Waals surface area (Å²) in [6, 6.07) is 10.8. The number of piperazine rings is 1. The molecule has 0 bridgehead atoms. The zero-order valence-corrected chi connectivity index (χ0v) is 19.2. The van der Waals surface area contributed by atoms with E-state index in [4.69, 9.17) is 4.74 Å². The van der Waals surface area contributed by atoms with Gasteiger partial charge >= 0.3 is 5.97 Å². The van der Waals surface area contributed by atoms with Crippen LogP contribution in [0.3, 0.4) is 0 Å². The molecule has 0 saturated carbocycles. The first kappa shape index (κ1) is 22.3. The first-order valence-corrected chi connectivity index (χ1v) is 12.1. The van der Waals surface area contributed by atoms with Crippen LogP contribution in [-0.4, -0.2) is 72.7 Å². The van der Waals surface area contributed by atoms with Crippen LogP contribution in [0, 0.1) is 11.2 Å². The molecule has 0 aliphatic carbocycles. The lowest BCUT2D eigenvalue weighted by Crippen LogP contribution is -2.47. The van der Waals surface area contributed by atoms with E-state index in [1.165, 1.54) is 17.7 Å². The molecule has 5 rings (SSSR count). The number of likely N-dealkylation sites (tertiary alicyclic amines) is 1. The number of piperidine rings is 1. The van der Waals surface area contributed by atoms with Gasteiger partial charge in [-0.1, -0.05) is 6.07 Å². The number of cyclic esters (lactones) is 1. The molecule has 1 aromatic carbocycles. The molecule has 0 unspecified atom stereocenters. The van der Waals surface area contributed by atoms with Gasteiger partial charge in [0, 0.05) is 63.8 Å². The van der Waals surface area contributed by atoms with Crippen molar-refractivity contribution in [1.82, 2.24) is 14.8 Å². The zero-order chi connectivity index (χ0) is 22.7. The SMILES string of the molecule is O=C1O[C@@H](CCN2CCN(c3ccc(F)cc3)CC2)CC12CCN(Cc1cccnc1)CC2. The molecule has 0 radical (unpaired) electrons. The van der Waals surface area contributed by atoms with Gasteiger partial charge in [0.25, 0.3) is 0 Å². The molecular formula is C26H33FN4O2. The van der Waals surface area contributed by atoms with E-state index in [9.17, 15) is 9.18 Å². The van der Waals surface area contributed by atoms with Gasteiger partial charge in [0.2, 0.25) is 0 Å². The van der Waals surface area contributed by atoms with E-state index in [1.807, 2.05) is 24.4 Å². The van der Waals surface area contributed by atoms with Crippen molar-refractivity contribution in [2.24, 2.45) is 5.41 Å². The minimum Gasteiger partial charge on any atom is -0.462 e. The van der Waals surface area contributed by atoms with Gasteiger partial charge in [0.05, 0.1) is 5.41 Å². The highest BCUT2D eigenvalue weighted by Crippen LogP contribution is 2.44. The lowest BCUT2D eigenvalue weighted by molar-refractivity contribution is -0.151. The predicted molar refractivity (Wildman–Crippen MR) is 125 cm³/mol. The summed E-state index contributed by atoms with van der Waals surface area (Å²) in [6.45, 7) is 7.55. The second kappa shape index (κ2) is 9.77. The molecule has 176 valence electrons. The highest BCUT2D eigenvalue weighted by atomic mass is 19.1. The maximum absolute atomic E-state index is 13.2. The van der Waals surface area contributed by atoms with Gasteiger partial charge in [0.15, 0.2) is 0 Å². The van der Waals surface area contributed by atoms with Gasteiger partial charge in [-0.05, 0) is 68.2 Å². The lowest BCUT2D eigenvalue weighted by atomic mass is 9.75. The second-order valence-corrected chi connectivity index (χ2v) is 9.74. The van der Waals surface area contributed by atoms with Gasteiger partial charge < -0.3 is 9.64 Å². The van der Waals surface area contributed by atoms with Crippen LogP contribution >= 0.6 is 0 Å². The van der Waals surface area contributed by atoms with Gasteiger partial charge in [-0.15, -0.1) is 0 Å². The van der Waals surface area contributed by atoms with Crippen molar-refractivity contribution in [3.05, 3.63) is 60.2 Å². The molecule has 1 spiro atoms. The van der Waals surface area contributed by atoms with E-state index in [0.717, 1.165) is 83.7 Å². The van der Waals surface area contributed by atoms with Crippen LogP contribution in [0.15, 0.2) is 48.8 Å². The van der Waals surface area contributed by atoms with E-state index in [1.54, 1.807) is 6.20 Å². The van der Waals surface area contributed by atoms with Crippen molar-refractivity contribution in [2.45, 2.75) is 38.3 Å². The summed E-state index contributed by atoms with van der Waals surface area (Å²) >= 11 is 0. The molecule has 6 nitrogen and oxygen atoms in total. The number of esters is 1. The average molecular weight is 453 g/mol. The second-order valence-electron chi connectivity index (χ2n) is 9.74. The Balaban J connectivity index is 1.06. The van der Waals surface area contributed by atoms with Crippen molar-refractivity contribution in [3.63, 3.8) is 0 Å². The Morgan fingerprint density at radius 3 is 2.45 bits per heavy atom. The number of carbonyl (C=O) groups is 1. The highest BCUT2D eigenvalue weighted by molar-refractivity contribution is 5.79. The maximum Gasteiger partial charge on any atom is 0.312 e. The Labute approximate surface area is 195 Å². The Morgan fingerprint density at radius 1 is 1.00 bits per heavy atom. The number of hydrogen-bond acceptors (Lipinski definition) is 6. The van der Waals surface area contributed by atoms with Crippen LogP contribution in [0.2, 0.25) is 0 Å². The van der Waals surface area contributed by atoms with Crippen molar-refractivity contribution in [2.75, 3.05) is 50.7 Å². The van der Waals surface area contributed by atoms with Crippen molar-refractivity contribution in [3.8, 4) is 0 Å². The van der Waals surface area contributed by atoms with Crippen molar-refractivity contribution in [1.29, 1.82) is 0 Å². The largest absolute Gasteiger partial charge is 0.462 e. The number of carbonyl (C=O) groups excluding carboxylic acids is 1. The molecule has 7 heteroatoms. The molecule has 2 aromatic rings. The van der Waals surface area contributed by atoms with E-state index >= 15 is 0 Å². The Morgan fingerprint density at radius 2 is 1.76 bits per heavy atom. The number of ether oxygens (including phenoxy) is 1. The highest BCUT2D eigenvalue weighted by Gasteiger charge is 2.50. The lowest BCUT2D eigenvalue weighted by Gasteiger charge is -2.37. The molecule has 3 aliphatic heterocycles. The number of aromatic nitrogens is 1. The Hall–Kier alpha value is -2.51. The number of halogens is 1. The monoisotopic (exact) mass is 452 g/mol. The number of anilines is 1. The third-order valence-electron chi connectivity index (χ3n) is 7.60. The fourth-order valence-electron chi connectivity index (χ4n) is 5.50. The van der Waals surface area contributed by atoms with Gasteiger partial charge in [-0.3, -0.25) is 19.6 Å². The van der Waals surface area contributed by atoms with E-state index in [0.29, 0.717) is 0 Å². The number of pyridine rings is 1. The predicted octanol–water partition coefficient (Wildman–Crippen LogP) is 3.33. The van der Waals surface area contributed by atoms with Gasteiger partial charge in [-0.25, -0.2) is 4.39 Å². The molecule has 3 fully saturated rings. The van der Waals surface area contributed by atoms with Gasteiger partial charge in [0.1, 0.15) is 11.9 Å². The number of nitrogens with zero attached hydrogens (tertiary/aromatic N) is 4. The van der Waals surface area contributed by atoms with E-state index in [2.05, 4.69) is 25.8 Å². The fourth-order valence-corrected chi connectivity index (χ4v) is 5.50. The van der Waals surface area contributed by atoms with E-state index in [-0.39, 0.29) is 23.3 Å². The Bertz CT molecular complexity index is 923. The van der Waals surface area contributed by atoms with Crippen LogP contribution < -0.4 is 4.90 Å². The Kier molecular flexibility index (Phi) is 6.60. The first-order chi connectivity index (χ1) is 16.1. The normalized spacial score (nSPS) is 23.7. The smallest absolute Gasteiger partial charge is 0.312 e. The van der Waals surface area contributed by atoms with Crippen molar-refractivity contribution >= 4 is 11.7 Å². The molecule has 33 heavy (non-hydrogen) atoms. The van der Waals surface area contributed by atoms with E-state index < -0.39 is 0 Å². The summed E-state index contributed by atoms with van der Waals surface area (Å²) in [4.78, 5) is 24.2. The van der Waals surface area contributed by atoms with Crippen LogP contribution in [-0.2, 0) is 16.1 Å². The zero-order valence-electron chi connectivity index (χ0n) is 19.2. The summed E-state index contributed by atoms with van der Waals surface area (Å²) in [5, 5.41) is 0. The summed E-state index contributed by atoms with van der Waals surface area (Å²) < 4.78 is 19.0. The number of benzene rings is 1. The molecule has 3 aliphatic rings. The summed E-state index contributed by atoms with van der Waals surface area (Å²) in [6.07, 6.45) is 7.31. The third-order valence-corrected chi connectivity index (χ3v) is 7.60. The quantitative estimate of drug-likeness (QED) is 0.627. The van der Waals surface area contributed by atoms with Gasteiger partial charge in [-0.2, -0.15) is 0 Å². The molecule has 4 heterocycles. The minimum atomic E-state index is -0.280. The summed E-state index contributed by atoms with van der Waals surface area (Å²) in [5.41, 5.74) is 2.02. The summed E-state index contributed by atoms with van der Waals surface area (Å²) in [5.74, 6) is -0.171. The molecule has 0 N–H and O–H groups in total. The number of hydrogen-bond donors (Lipinski definition) is 0. The average Bonchev–Trinajstić information content (AvgIpc) is 3.15. The van der Waals surface area contributed by atoms with Crippen LogP contribution in [0.25, 0.3) is 0 Å². The van der Waals surface area contributed by atoms with Crippen molar-refractivity contribution < 1.29 is 13.9 Å². The number of rotatable bonds is 6. The molecule has 1 aromatic heterocycles. The molecular weight excluding hydrogens is 419 g/mol. The summed E-state index contributed by atoms with van der Waals surface area (Å²) in [7, 11) is 0. The molecule has 3 saturated heterocycles.